The Labute approximate surface area is 158 Å². The van der Waals surface area contributed by atoms with Crippen LogP contribution in [0.25, 0.3) is 11.1 Å². The monoisotopic (exact) mass is 382 g/mol. The first-order valence-electron chi connectivity index (χ1n) is 8.37. The summed E-state index contributed by atoms with van der Waals surface area (Å²) >= 11 is 1.50. The summed E-state index contributed by atoms with van der Waals surface area (Å²) in [4.78, 5) is 16.7. The Morgan fingerprint density at radius 2 is 2.04 bits per heavy atom. The zero-order valence-corrected chi connectivity index (χ0v) is 16.1. The molecule has 3 nitrogen and oxygen atoms in total. The molecule has 2 unspecified atom stereocenters. The fraction of sp³-hybridized carbons (Fsp3) is 0.421. The molecule has 6 heteroatoms. The van der Waals surface area contributed by atoms with Crippen molar-refractivity contribution in [2.45, 2.75) is 32.7 Å². The lowest BCUT2D eigenvalue weighted by Gasteiger charge is -2.37. The average Bonchev–Trinajstić information content (AvgIpc) is 2.96. The molecular formula is C19H24ClFN2OS. The van der Waals surface area contributed by atoms with Crippen LogP contribution in [0, 0.1) is 18.7 Å². The van der Waals surface area contributed by atoms with Crippen LogP contribution >= 0.6 is 23.7 Å². The predicted octanol–water partition coefficient (Wildman–Crippen LogP) is 4.48. The topological polar surface area (TPSA) is 46.3 Å². The van der Waals surface area contributed by atoms with Crippen molar-refractivity contribution in [2.75, 3.05) is 13.1 Å². The normalized spacial score (nSPS) is 20.2. The standard InChI is InChI=1S/C19H23FN2OS.ClH/c1-12-7-8-22(16(9-12)11-21)19(23)18-10-17(13(2)24-18)14-3-5-15(20)6-4-14;/h3-6,10,12,16H,7-9,11,21H2,1-2H3;1H. The summed E-state index contributed by atoms with van der Waals surface area (Å²) in [7, 11) is 0. The van der Waals surface area contributed by atoms with Crippen LogP contribution in [0.5, 0.6) is 0 Å². The highest BCUT2D eigenvalue weighted by Crippen LogP contribution is 2.33. The van der Waals surface area contributed by atoms with Crippen LogP contribution in [-0.2, 0) is 0 Å². The Morgan fingerprint density at radius 3 is 2.68 bits per heavy atom. The number of carbonyl (C=O) groups is 1. The molecule has 1 aliphatic heterocycles. The van der Waals surface area contributed by atoms with Crippen LogP contribution in [0.4, 0.5) is 4.39 Å². The number of benzene rings is 1. The van der Waals surface area contributed by atoms with E-state index in [9.17, 15) is 9.18 Å². The fourth-order valence-electron chi connectivity index (χ4n) is 3.39. The van der Waals surface area contributed by atoms with Crippen LogP contribution in [-0.4, -0.2) is 29.9 Å². The minimum atomic E-state index is -0.254. The molecule has 1 saturated heterocycles. The van der Waals surface area contributed by atoms with Crippen molar-refractivity contribution >= 4 is 29.7 Å². The molecule has 25 heavy (non-hydrogen) atoms. The van der Waals surface area contributed by atoms with Crippen LogP contribution < -0.4 is 5.73 Å². The second kappa shape index (κ2) is 8.30. The Kier molecular flexibility index (Phi) is 6.60. The van der Waals surface area contributed by atoms with Gasteiger partial charge in [-0.25, -0.2) is 4.39 Å². The van der Waals surface area contributed by atoms with Crippen molar-refractivity contribution in [2.24, 2.45) is 11.7 Å². The summed E-state index contributed by atoms with van der Waals surface area (Å²) in [6.45, 7) is 5.49. The van der Waals surface area contributed by atoms with Gasteiger partial charge < -0.3 is 10.6 Å². The van der Waals surface area contributed by atoms with Gasteiger partial charge in [0.25, 0.3) is 5.91 Å². The summed E-state index contributed by atoms with van der Waals surface area (Å²) in [6, 6.07) is 8.46. The molecule has 1 amide bonds. The molecule has 0 saturated carbocycles. The maximum atomic E-state index is 13.1. The number of aryl methyl sites for hydroxylation is 1. The SMILES string of the molecule is Cc1sc(C(=O)N2CCC(C)CC2CN)cc1-c1ccc(F)cc1.Cl. The number of halogens is 2. The van der Waals surface area contributed by atoms with Gasteiger partial charge in [0, 0.05) is 24.0 Å². The molecule has 2 aromatic rings. The molecule has 1 aliphatic rings. The lowest BCUT2D eigenvalue weighted by Crippen LogP contribution is -2.49. The van der Waals surface area contributed by atoms with E-state index < -0.39 is 0 Å². The maximum absolute atomic E-state index is 13.1. The number of hydrogen-bond donors (Lipinski definition) is 1. The van der Waals surface area contributed by atoms with Crippen LogP contribution in [0.3, 0.4) is 0 Å². The Balaban J connectivity index is 0.00000225. The Hall–Kier alpha value is -1.43. The number of rotatable bonds is 3. The molecule has 1 aromatic heterocycles. The second-order valence-corrected chi connectivity index (χ2v) is 7.86. The number of nitrogens with zero attached hydrogens (tertiary/aromatic N) is 1. The van der Waals surface area contributed by atoms with Gasteiger partial charge in [-0.15, -0.1) is 23.7 Å². The van der Waals surface area contributed by atoms with Crippen molar-refractivity contribution in [1.29, 1.82) is 0 Å². The van der Waals surface area contributed by atoms with E-state index in [4.69, 9.17) is 5.73 Å². The molecule has 2 N–H and O–H groups in total. The predicted molar refractivity (Wildman–Crippen MR) is 104 cm³/mol. The highest BCUT2D eigenvalue weighted by atomic mass is 35.5. The van der Waals surface area contributed by atoms with Gasteiger partial charge in [0.2, 0.25) is 0 Å². The highest BCUT2D eigenvalue weighted by molar-refractivity contribution is 7.14. The van der Waals surface area contributed by atoms with Gasteiger partial charge in [-0.2, -0.15) is 0 Å². The molecular weight excluding hydrogens is 359 g/mol. The minimum absolute atomic E-state index is 0. The quantitative estimate of drug-likeness (QED) is 0.850. The van der Waals surface area contributed by atoms with Gasteiger partial charge in [0.05, 0.1) is 4.88 Å². The molecule has 0 radical (unpaired) electrons. The van der Waals surface area contributed by atoms with Gasteiger partial charge in [-0.05, 0) is 55.0 Å². The number of amides is 1. The lowest BCUT2D eigenvalue weighted by molar-refractivity contribution is 0.0578. The largest absolute Gasteiger partial charge is 0.334 e. The van der Waals surface area contributed by atoms with Gasteiger partial charge in [-0.1, -0.05) is 19.1 Å². The minimum Gasteiger partial charge on any atom is -0.334 e. The van der Waals surface area contributed by atoms with E-state index in [2.05, 4.69) is 6.92 Å². The molecule has 0 bridgehead atoms. The van der Waals surface area contributed by atoms with E-state index in [0.29, 0.717) is 12.5 Å². The first kappa shape index (κ1) is 19.9. The summed E-state index contributed by atoms with van der Waals surface area (Å²) < 4.78 is 13.1. The zero-order valence-electron chi connectivity index (χ0n) is 14.5. The van der Waals surface area contributed by atoms with Gasteiger partial charge in [0.15, 0.2) is 0 Å². The van der Waals surface area contributed by atoms with E-state index in [0.717, 1.165) is 40.3 Å². The lowest BCUT2D eigenvalue weighted by atomic mass is 9.92. The number of thiophene rings is 1. The molecule has 1 fully saturated rings. The van der Waals surface area contributed by atoms with Crippen molar-refractivity contribution in [3.8, 4) is 11.1 Å². The maximum Gasteiger partial charge on any atom is 0.264 e. The van der Waals surface area contributed by atoms with E-state index in [-0.39, 0.29) is 30.2 Å². The number of likely N-dealkylation sites (tertiary alicyclic amines) is 1. The van der Waals surface area contributed by atoms with Gasteiger partial charge in [-0.3, -0.25) is 4.79 Å². The molecule has 136 valence electrons. The molecule has 3 rings (SSSR count). The van der Waals surface area contributed by atoms with Crippen LogP contribution in [0.2, 0.25) is 0 Å². The third-order valence-corrected chi connectivity index (χ3v) is 5.83. The van der Waals surface area contributed by atoms with Crippen molar-refractivity contribution in [3.63, 3.8) is 0 Å². The molecule has 2 heterocycles. The molecule has 0 spiro atoms. The van der Waals surface area contributed by atoms with Crippen molar-refractivity contribution in [1.82, 2.24) is 4.90 Å². The Bertz CT molecular complexity index is 732. The fourth-order valence-corrected chi connectivity index (χ4v) is 4.39. The smallest absolute Gasteiger partial charge is 0.264 e. The number of hydrogen-bond acceptors (Lipinski definition) is 3. The van der Waals surface area contributed by atoms with Crippen molar-refractivity contribution < 1.29 is 9.18 Å². The van der Waals surface area contributed by atoms with E-state index >= 15 is 0 Å². The highest BCUT2D eigenvalue weighted by Gasteiger charge is 2.30. The van der Waals surface area contributed by atoms with Crippen LogP contribution in [0.15, 0.2) is 30.3 Å². The first-order valence-corrected chi connectivity index (χ1v) is 9.18. The second-order valence-electron chi connectivity index (χ2n) is 6.61. The van der Waals surface area contributed by atoms with Gasteiger partial charge in [0.1, 0.15) is 5.82 Å². The van der Waals surface area contributed by atoms with Gasteiger partial charge >= 0.3 is 0 Å². The summed E-state index contributed by atoms with van der Waals surface area (Å²) in [5.74, 6) is 0.428. The third-order valence-electron chi connectivity index (χ3n) is 4.79. The van der Waals surface area contributed by atoms with Crippen LogP contribution in [0.1, 0.15) is 34.3 Å². The first-order chi connectivity index (χ1) is 11.5. The Morgan fingerprint density at radius 1 is 1.36 bits per heavy atom. The van der Waals surface area contributed by atoms with Crippen molar-refractivity contribution in [3.05, 3.63) is 45.9 Å². The molecule has 2 atom stereocenters. The summed E-state index contributed by atoms with van der Waals surface area (Å²) in [5.41, 5.74) is 7.82. The van der Waals surface area contributed by atoms with E-state index in [1.54, 1.807) is 12.1 Å². The number of piperidine rings is 1. The number of carbonyl (C=O) groups excluding carboxylic acids is 1. The zero-order chi connectivity index (χ0) is 17.3. The van der Waals surface area contributed by atoms with E-state index in [1.807, 2.05) is 17.9 Å². The molecule has 1 aromatic carbocycles. The summed E-state index contributed by atoms with van der Waals surface area (Å²) in [6.07, 6.45) is 1.99. The average molecular weight is 383 g/mol. The molecule has 0 aliphatic carbocycles. The summed E-state index contributed by atoms with van der Waals surface area (Å²) in [5, 5.41) is 0. The van der Waals surface area contributed by atoms with E-state index in [1.165, 1.54) is 23.5 Å². The third kappa shape index (κ3) is 4.22. The number of nitrogens with two attached hydrogens (primary N) is 1.